The molecule has 0 fully saturated rings. The van der Waals surface area contributed by atoms with Crippen molar-refractivity contribution < 1.29 is 27.5 Å². The van der Waals surface area contributed by atoms with Crippen molar-refractivity contribution in [1.29, 1.82) is 0 Å². The number of aliphatic carboxylic acids is 1. The highest BCUT2D eigenvalue weighted by Crippen LogP contribution is 2.22. The Hall–Kier alpha value is -4.15. The first-order chi connectivity index (χ1) is 18.2. The zero-order chi connectivity index (χ0) is 27.1. The van der Waals surface area contributed by atoms with Gasteiger partial charge >= 0.3 is 16.2 Å². The van der Waals surface area contributed by atoms with Gasteiger partial charge in [-0.1, -0.05) is 48.0 Å². The summed E-state index contributed by atoms with van der Waals surface area (Å²) in [6.45, 7) is 3.34. The Morgan fingerprint density at radius 1 is 1.00 bits per heavy atom. The van der Waals surface area contributed by atoms with Crippen LogP contribution in [-0.4, -0.2) is 41.9 Å². The van der Waals surface area contributed by atoms with Gasteiger partial charge in [0.1, 0.15) is 18.1 Å². The number of rotatable bonds is 12. The molecule has 0 spiro atoms. The average Bonchev–Trinajstić information content (AvgIpc) is 3.26. The molecule has 1 aromatic heterocycles. The van der Waals surface area contributed by atoms with Crippen molar-refractivity contribution >= 4 is 21.9 Å². The maximum Gasteiger partial charge on any atom is 0.318 e. The first-order valence-electron chi connectivity index (χ1n) is 12.0. The van der Waals surface area contributed by atoms with Crippen molar-refractivity contribution in [3.8, 4) is 17.2 Å². The summed E-state index contributed by atoms with van der Waals surface area (Å²) in [4.78, 5) is 15.9. The quantitative estimate of drug-likeness (QED) is 0.267. The van der Waals surface area contributed by atoms with Crippen molar-refractivity contribution in [3.63, 3.8) is 0 Å². The van der Waals surface area contributed by atoms with Crippen LogP contribution >= 0.6 is 0 Å². The van der Waals surface area contributed by atoms with E-state index in [9.17, 15) is 18.3 Å². The predicted molar refractivity (Wildman–Crippen MR) is 144 cm³/mol. The lowest BCUT2D eigenvalue weighted by atomic mass is 10.2. The van der Waals surface area contributed by atoms with Crippen LogP contribution < -0.4 is 9.46 Å². The van der Waals surface area contributed by atoms with Gasteiger partial charge in [0.25, 0.3) is 0 Å². The van der Waals surface area contributed by atoms with Gasteiger partial charge in [-0.15, -0.1) is 0 Å². The van der Waals surface area contributed by atoms with Crippen LogP contribution in [0.25, 0.3) is 11.5 Å². The SMILES string of the molecule is Cc1ccc(NS(=O)(=O)N(CC(=O)O)Cc2ccc(OCCc3nc(-c4ccccc4)oc3C)cc2)cc1. The van der Waals surface area contributed by atoms with E-state index in [1.54, 1.807) is 48.5 Å². The van der Waals surface area contributed by atoms with E-state index in [1.807, 2.05) is 44.2 Å². The van der Waals surface area contributed by atoms with Gasteiger partial charge in [-0.05, 0) is 55.8 Å². The average molecular weight is 536 g/mol. The molecule has 0 unspecified atom stereocenters. The highest BCUT2D eigenvalue weighted by Gasteiger charge is 2.25. The fraction of sp³-hybridized carbons (Fsp3) is 0.214. The molecule has 0 aliphatic heterocycles. The summed E-state index contributed by atoms with van der Waals surface area (Å²) in [6, 6.07) is 23.3. The Kier molecular flexibility index (Phi) is 8.45. The van der Waals surface area contributed by atoms with Gasteiger partial charge in [0.15, 0.2) is 0 Å². The normalized spacial score (nSPS) is 11.4. The smallest absolute Gasteiger partial charge is 0.318 e. The van der Waals surface area contributed by atoms with Crippen LogP contribution in [0, 0.1) is 13.8 Å². The van der Waals surface area contributed by atoms with Gasteiger partial charge in [-0.25, -0.2) is 4.98 Å². The van der Waals surface area contributed by atoms with Crippen LogP contribution in [0.1, 0.15) is 22.6 Å². The minimum absolute atomic E-state index is 0.117. The molecule has 38 heavy (non-hydrogen) atoms. The zero-order valence-corrected chi connectivity index (χ0v) is 21.9. The second kappa shape index (κ2) is 11.9. The Balaban J connectivity index is 1.36. The van der Waals surface area contributed by atoms with Crippen molar-refractivity contribution in [1.82, 2.24) is 9.29 Å². The molecule has 2 N–H and O–H groups in total. The lowest BCUT2D eigenvalue weighted by Crippen LogP contribution is -2.39. The van der Waals surface area contributed by atoms with Crippen LogP contribution in [0.3, 0.4) is 0 Å². The monoisotopic (exact) mass is 535 g/mol. The van der Waals surface area contributed by atoms with Crippen molar-refractivity contribution in [2.24, 2.45) is 0 Å². The first-order valence-corrected chi connectivity index (χ1v) is 13.4. The standard InChI is InChI=1S/C28H29N3O6S/c1-20-8-12-24(13-9-20)30-38(34,35)31(19-27(32)33)18-22-10-14-25(15-11-22)36-17-16-26-21(2)37-28(29-26)23-6-4-3-5-7-23/h3-15,30H,16-19H2,1-2H3,(H,32,33). The van der Waals surface area contributed by atoms with E-state index >= 15 is 0 Å². The molecule has 0 amide bonds. The number of oxazole rings is 1. The summed E-state index contributed by atoms with van der Waals surface area (Å²) in [5.41, 5.74) is 3.67. The number of hydrogen-bond acceptors (Lipinski definition) is 6. The minimum Gasteiger partial charge on any atom is -0.493 e. The topological polar surface area (TPSA) is 122 Å². The molecular formula is C28H29N3O6S. The number of aromatic nitrogens is 1. The number of carboxylic acids is 1. The maximum atomic E-state index is 12.9. The van der Waals surface area contributed by atoms with Crippen LogP contribution in [0.5, 0.6) is 5.75 Å². The van der Waals surface area contributed by atoms with Crippen molar-refractivity contribution in [2.45, 2.75) is 26.8 Å². The van der Waals surface area contributed by atoms with Gasteiger partial charge in [-0.3, -0.25) is 9.52 Å². The number of ether oxygens (including phenoxy) is 1. The van der Waals surface area contributed by atoms with Gasteiger partial charge in [0, 0.05) is 24.2 Å². The molecule has 1 heterocycles. The third-order valence-corrected chi connectivity index (χ3v) is 7.18. The maximum absolute atomic E-state index is 12.9. The van der Waals surface area contributed by atoms with E-state index < -0.39 is 22.7 Å². The Bertz CT molecular complexity index is 1470. The highest BCUT2D eigenvalue weighted by atomic mass is 32.2. The van der Waals surface area contributed by atoms with Crippen LogP contribution in [0.15, 0.2) is 83.3 Å². The first kappa shape index (κ1) is 26.9. The predicted octanol–water partition coefficient (Wildman–Crippen LogP) is 4.82. The number of aryl methyl sites for hydroxylation is 2. The summed E-state index contributed by atoms with van der Waals surface area (Å²) >= 11 is 0. The fourth-order valence-corrected chi connectivity index (χ4v) is 4.90. The molecule has 10 heteroatoms. The number of nitrogens with one attached hydrogen (secondary N) is 1. The highest BCUT2D eigenvalue weighted by molar-refractivity contribution is 7.90. The molecule has 0 aliphatic rings. The Morgan fingerprint density at radius 3 is 2.34 bits per heavy atom. The number of carboxylic acid groups (broad SMARTS) is 1. The van der Waals surface area contributed by atoms with Crippen molar-refractivity contribution in [2.75, 3.05) is 17.9 Å². The van der Waals surface area contributed by atoms with E-state index in [1.165, 1.54) is 0 Å². The molecule has 3 aromatic carbocycles. The zero-order valence-electron chi connectivity index (χ0n) is 21.1. The number of hydrogen-bond donors (Lipinski definition) is 2. The molecule has 0 radical (unpaired) electrons. The fourth-order valence-electron chi connectivity index (χ4n) is 3.74. The molecule has 0 aliphatic carbocycles. The summed E-state index contributed by atoms with van der Waals surface area (Å²) in [6.07, 6.45) is 0.555. The number of anilines is 1. The van der Waals surface area contributed by atoms with E-state index in [2.05, 4.69) is 9.71 Å². The summed E-state index contributed by atoms with van der Waals surface area (Å²) in [5, 5.41) is 9.28. The van der Waals surface area contributed by atoms with E-state index in [-0.39, 0.29) is 6.54 Å². The molecule has 9 nitrogen and oxygen atoms in total. The summed E-state index contributed by atoms with van der Waals surface area (Å²) in [7, 11) is -4.10. The Morgan fingerprint density at radius 2 is 1.68 bits per heavy atom. The van der Waals surface area contributed by atoms with Gasteiger partial charge in [0.2, 0.25) is 5.89 Å². The number of carbonyl (C=O) groups is 1. The molecule has 0 saturated carbocycles. The van der Waals surface area contributed by atoms with E-state index in [0.29, 0.717) is 35.9 Å². The lowest BCUT2D eigenvalue weighted by molar-refractivity contribution is -0.137. The third-order valence-electron chi connectivity index (χ3n) is 5.75. The van der Waals surface area contributed by atoms with Crippen LogP contribution in [-0.2, 0) is 28.0 Å². The molecule has 0 bridgehead atoms. The Labute approximate surface area is 221 Å². The molecule has 4 aromatic rings. The van der Waals surface area contributed by atoms with E-state index in [0.717, 1.165) is 26.9 Å². The molecule has 4 rings (SSSR count). The molecular weight excluding hydrogens is 506 g/mol. The van der Waals surface area contributed by atoms with E-state index in [4.69, 9.17) is 9.15 Å². The number of benzene rings is 3. The van der Waals surface area contributed by atoms with Gasteiger partial charge in [0.05, 0.1) is 12.3 Å². The minimum atomic E-state index is -4.10. The van der Waals surface area contributed by atoms with Crippen molar-refractivity contribution in [3.05, 3.63) is 101 Å². The van der Waals surface area contributed by atoms with Gasteiger partial charge < -0.3 is 14.3 Å². The summed E-state index contributed by atoms with van der Waals surface area (Å²) in [5.74, 6) is 0.656. The largest absolute Gasteiger partial charge is 0.493 e. The van der Waals surface area contributed by atoms with Crippen LogP contribution in [0.2, 0.25) is 0 Å². The lowest BCUT2D eigenvalue weighted by Gasteiger charge is -2.21. The van der Waals surface area contributed by atoms with Gasteiger partial charge in [-0.2, -0.15) is 12.7 Å². The summed E-state index contributed by atoms with van der Waals surface area (Å²) < 4.78 is 40.7. The molecule has 0 saturated heterocycles. The molecule has 0 atom stereocenters. The number of nitrogens with zero attached hydrogens (tertiary/aromatic N) is 2. The third kappa shape index (κ3) is 7.21. The van der Waals surface area contributed by atoms with Crippen LogP contribution in [0.4, 0.5) is 5.69 Å². The molecule has 198 valence electrons. The second-order valence-electron chi connectivity index (χ2n) is 8.77. The second-order valence-corrected chi connectivity index (χ2v) is 10.4.